The minimum atomic E-state index is -0.0160. The number of likely N-dealkylation sites (tertiary alicyclic amines) is 1. The normalized spacial score (nSPS) is 19.9. The number of likely N-dealkylation sites (N-methyl/N-ethyl adjacent to an activating group) is 1. The van der Waals surface area contributed by atoms with Crippen molar-refractivity contribution in [3.05, 3.63) is 28.2 Å². The van der Waals surface area contributed by atoms with Gasteiger partial charge in [0.05, 0.1) is 4.47 Å². The number of carbonyl (C=O) groups is 1. The maximum Gasteiger partial charge on any atom is 0.254 e. The largest absolute Gasteiger partial charge is 0.507 e. The highest BCUT2D eigenvalue weighted by atomic mass is 79.9. The Morgan fingerprint density at radius 3 is 3.00 bits per heavy atom. The van der Waals surface area contributed by atoms with E-state index >= 15 is 0 Å². The maximum absolute atomic E-state index is 12.3. The van der Waals surface area contributed by atoms with Crippen LogP contribution < -0.4 is 5.32 Å². The predicted octanol–water partition coefficient (Wildman–Crippen LogP) is 1.98. The van der Waals surface area contributed by atoms with E-state index in [-0.39, 0.29) is 11.7 Å². The number of halogens is 1. The number of phenolic OH excluding ortho intramolecular Hbond substituents is 1. The average Bonchev–Trinajstić information content (AvgIpc) is 2.41. The Labute approximate surface area is 115 Å². The fraction of sp³-hybridized carbons (Fsp3) is 0.462. The summed E-state index contributed by atoms with van der Waals surface area (Å²) in [7, 11) is 1.92. The van der Waals surface area contributed by atoms with Crippen LogP contribution in [-0.4, -0.2) is 42.1 Å². The summed E-state index contributed by atoms with van der Waals surface area (Å²) in [6.45, 7) is 1.51. The van der Waals surface area contributed by atoms with Crippen molar-refractivity contribution in [1.29, 1.82) is 0 Å². The number of nitrogens with zero attached hydrogens (tertiary/aromatic N) is 1. The first kappa shape index (κ1) is 13.4. The lowest BCUT2D eigenvalue weighted by Gasteiger charge is -2.32. The van der Waals surface area contributed by atoms with E-state index in [1.807, 2.05) is 11.9 Å². The van der Waals surface area contributed by atoms with Crippen molar-refractivity contribution >= 4 is 21.8 Å². The number of piperidine rings is 1. The second-order valence-electron chi connectivity index (χ2n) is 4.55. The molecular formula is C13H17BrN2O2. The van der Waals surface area contributed by atoms with Gasteiger partial charge in [-0.3, -0.25) is 4.79 Å². The summed E-state index contributed by atoms with van der Waals surface area (Å²) >= 11 is 3.21. The van der Waals surface area contributed by atoms with E-state index in [2.05, 4.69) is 21.2 Å². The number of rotatable bonds is 2. The molecule has 1 heterocycles. The van der Waals surface area contributed by atoms with Crippen molar-refractivity contribution in [3.8, 4) is 5.75 Å². The van der Waals surface area contributed by atoms with Gasteiger partial charge in [-0.2, -0.15) is 0 Å². The minimum Gasteiger partial charge on any atom is -0.507 e. The number of benzene rings is 1. The molecule has 1 fully saturated rings. The molecule has 2 N–H and O–H groups in total. The zero-order valence-corrected chi connectivity index (χ0v) is 11.9. The van der Waals surface area contributed by atoms with Crippen LogP contribution in [0.2, 0.25) is 0 Å². The molecule has 1 atom stereocenters. The number of nitrogens with one attached hydrogen (secondary N) is 1. The lowest BCUT2D eigenvalue weighted by atomic mass is 10.0. The molecule has 1 aliphatic rings. The molecular weight excluding hydrogens is 296 g/mol. The van der Waals surface area contributed by atoms with E-state index in [9.17, 15) is 9.90 Å². The van der Waals surface area contributed by atoms with Crippen LogP contribution >= 0.6 is 15.9 Å². The van der Waals surface area contributed by atoms with Gasteiger partial charge in [0, 0.05) is 24.7 Å². The molecule has 2 rings (SSSR count). The lowest BCUT2D eigenvalue weighted by molar-refractivity contribution is 0.0698. The van der Waals surface area contributed by atoms with Gasteiger partial charge in [0.2, 0.25) is 0 Å². The molecule has 0 aliphatic carbocycles. The van der Waals surface area contributed by atoms with Crippen molar-refractivity contribution in [3.63, 3.8) is 0 Å². The molecule has 0 radical (unpaired) electrons. The molecule has 1 aromatic rings. The molecule has 0 spiro atoms. The zero-order chi connectivity index (χ0) is 13.1. The molecule has 1 saturated heterocycles. The van der Waals surface area contributed by atoms with E-state index in [4.69, 9.17) is 0 Å². The van der Waals surface area contributed by atoms with Gasteiger partial charge >= 0.3 is 0 Å². The van der Waals surface area contributed by atoms with Crippen LogP contribution in [0.3, 0.4) is 0 Å². The van der Waals surface area contributed by atoms with Gasteiger partial charge in [0.15, 0.2) is 0 Å². The number of aromatic hydroxyl groups is 1. The standard InChI is InChI=1S/C13H17BrN2O2/c1-15-10-3-2-6-16(8-10)13(18)9-4-5-11(14)12(17)7-9/h4-5,7,10,15,17H,2-3,6,8H2,1H3. The monoisotopic (exact) mass is 312 g/mol. The van der Waals surface area contributed by atoms with Crippen molar-refractivity contribution in [2.24, 2.45) is 0 Å². The first-order chi connectivity index (χ1) is 8.61. The van der Waals surface area contributed by atoms with E-state index in [0.29, 0.717) is 16.1 Å². The van der Waals surface area contributed by atoms with Crippen LogP contribution in [0.15, 0.2) is 22.7 Å². The molecule has 1 amide bonds. The van der Waals surface area contributed by atoms with Crippen LogP contribution in [-0.2, 0) is 0 Å². The summed E-state index contributed by atoms with van der Waals surface area (Å²) in [5, 5.41) is 12.8. The number of amides is 1. The summed E-state index contributed by atoms with van der Waals surface area (Å²) in [4.78, 5) is 14.1. The lowest BCUT2D eigenvalue weighted by Crippen LogP contribution is -2.46. The molecule has 98 valence electrons. The highest BCUT2D eigenvalue weighted by Crippen LogP contribution is 2.25. The SMILES string of the molecule is CNC1CCCN(C(=O)c2ccc(Br)c(O)c2)C1. The minimum absolute atomic E-state index is 0.0160. The van der Waals surface area contributed by atoms with Crippen molar-refractivity contribution < 1.29 is 9.90 Å². The van der Waals surface area contributed by atoms with Crippen LogP contribution in [0, 0.1) is 0 Å². The molecule has 18 heavy (non-hydrogen) atoms. The zero-order valence-electron chi connectivity index (χ0n) is 10.3. The van der Waals surface area contributed by atoms with Crippen LogP contribution in [0.25, 0.3) is 0 Å². The van der Waals surface area contributed by atoms with E-state index < -0.39 is 0 Å². The first-order valence-electron chi connectivity index (χ1n) is 6.07. The predicted molar refractivity (Wildman–Crippen MR) is 73.8 cm³/mol. The highest BCUT2D eigenvalue weighted by Gasteiger charge is 2.23. The number of phenols is 1. The van der Waals surface area contributed by atoms with E-state index in [1.165, 1.54) is 6.07 Å². The quantitative estimate of drug-likeness (QED) is 0.878. The van der Waals surface area contributed by atoms with Crippen LogP contribution in [0.5, 0.6) is 5.75 Å². The van der Waals surface area contributed by atoms with E-state index in [0.717, 1.165) is 25.9 Å². The topological polar surface area (TPSA) is 52.6 Å². The van der Waals surface area contributed by atoms with Gasteiger partial charge in [0.1, 0.15) is 5.75 Å². The fourth-order valence-electron chi connectivity index (χ4n) is 2.23. The Morgan fingerprint density at radius 2 is 2.33 bits per heavy atom. The maximum atomic E-state index is 12.3. The third-order valence-electron chi connectivity index (χ3n) is 3.31. The second-order valence-corrected chi connectivity index (χ2v) is 5.40. The summed E-state index contributed by atoms with van der Waals surface area (Å²) < 4.78 is 0.603. The molecule has 0 saturated carbocycles. The molecule has 1 aromatic carbocycles. The number of hydrogen-bond acceptors (Lipinski definition) is 3. The molecule has 0 bridgehead atoms. The average molecular weight is 313 g/mol. The van der Waals surface area contributed by atoms with Crippen molar-refractivity contribution in [1.82, 2.24) is 10.2 Å². The summed E-state index contributed by atoms with van der Waals surface area (Å²) in [6, 6.07) is 5.30. The molecule has 1 unspecified atom stereocenters. The van der Waals surface area contributed by atoms with Crippen molar-refractivity contribution in [2.75, 3.05) is 20.1 Å². The highest BCUT2D eigenvalue weighted by molar-refractivity contribution is 9.10. The van der Waals surface area contributed by atoms with Crippen LogP contribution in [0.4, 0.5) is 0 Å². The van der Waals surface area contributed by atoms with E-state index in [1.54, 1.807) is 12.1 Å². The summed E-state index contributed by atoms with van der Waals surface area (Å²) in [5.41, 5.74) is 0.535. The first-order valence-corrected chi connectivity index (χ1v) is 6.86. The Hall–Kier alpha value is -1.07. The third-order valence-corrected chi connectivity index (χ3v) is 3.98. The van der Waals surface area contributed by atoms with Crippen molar-refractivity contribution in [2.45, 2.75) is 18.9 Å². The molecule has 1 aliphatic heterocycles. The molecule has 4 nitrogen and oxygen atoms in total. The van der Waals surface area contributed by atoms with Gasteiger partial charge in [-0.15, -0.1) is 0 Å². The summed E-state index contributed by atoms with van der Waals surface area (Å²) in [6.07, 6.45) is 2.12. The third kappa shape index (κ3) is 2.84. The summed E-state index contributed by atoms with van der Waals surface area (Å²) in [5.74, 6) is 0.0841. The Bertz CT molecular complexity index is 451. The number of carbonyl (C=O) groups excluding carboxylic acids is 1. The molecule has 0 aromatic heterocycles. The van der Waals surface area contributed by atoms with Gasteiger partial charge in [-0.05, 0) is 54.0 Å². The van der Waals surface area contributed by atoms with Crippen LogP contribution in [0.1, 0.15) is 23.2 Å². The van der Waals surface area contributed by atoms with Gasteiger partial charge in [-0.25, -0.2) is 0 Å². The fourth-order valence-corrected chi connectivity index (χ4v) is 2.47. The number of hydrogen-bond donors (Lipinski definition) is 2. The van der Waals surface area contributed by atoms with Gasteiger partial charge in [-0.1, -0.05) is 0 Å². The Kier molecular flexibility index (Phi) is 4.24. The Morgan fingerprint density at radius 1 is 1.56 bits per heavy atom. The second kappa shape index (κ2) is 5.71. The van der Waals surface area contributed by atoms with Gasteiger partial charge < -0.3 is 15.3 Å². The molecule has 5 heteroatoms. The Balaban J connectivity index is 2.12. The van der Waals surface area contributed by atoms with Gasteiger partial charge in [0.25, 0.3) is 5.91 Å². The smallest absolute Gasteiger partial charge is 0.254 e.